The van der Waals surface area contributed by atoms with Crippen LogP contribution in [0, 0.1) is 0 Å². The first kappa shape index (κ1) is 30.8. The van der Waals surface area contributed by atoms with Crippen LogP contribution in [-0.2, 0) is 9.47 Å². The zero-order valence-corrected chi connectivity index (χ0v) is 26.2. The molecule has 2 fully saturated rings. The molecule has 4 aliphatic heterocycles. The van der Waals surface area contributed by atoms with Crippen molar-refractivity contribution in [1.29, 1.82) is 0 Å². The molecule has 4 aliphatic rings. The molecule has 0 aromatic heterocycles. The highest BCUT2D eigenvalue weighted by atomic mass is 16.5. The van der Waals surface area contributed by atoms with Crippen molar-refractivity contribution in [2.45, 2.75) is 56.5 Å². The van der Waals surface area contributed by atoms with Crippen LogP contribution in [-0.4, -0.2) is 113 Å². The van der Waals surface area contributed by atoms with Crippen molar-refractivity contribution < 1.29 is 38.0 Å². The molecule has 0 spiro atoms. The number of carbonyl (C=O) groups excluding carboxylic acids is 2. The van der Waals surface area contributed by atoms with Gasteiger partial charge in [-0.05, 0) is 43.9 Å². The van der Waals surface area contributed by atoms with E-state index in [4.69, 9.17) is 33.4 Å². The fraction of sp³-hybridized carbons (Fsp3) is 0.515. The van der Waals surface area contributed by atoms with Crippen LogP contribution in [0.2, 0.25) is 0 Å². The molecule has 6 rings (SSSR count). The molecule has 4 atom stereocenters. The lowest BCUT2D eigenvalue weighted by Gasteiger charge is -2.37. The van der Waals surface area contributed by atoms with Gasteiger partial charge in [-0.25, -0.2) is 0 Å². The molecule has 240 valence electrons. The number of nitrogens with zero attached hydrogens (tertiary/aromatic N) is 4. The molecule has 0 aliphatic carbocycles. The number of benzene rings is 2. The maximum atomic E-state index is 13.4. The van der Waals surface area contributed by atoms with E-state index in [1.165, 1.54) is 0 Å². The van der Waals surface area contributed by atoms with Gasteiger partial charge in [-0.3, -0.25) is 19.6 Å². The number of aliphatic imine (C=N–C) groups is 2. The summed E-state index contributed by atoms with van der Waals surface area (Å²) in [6.07, 6.45) is 6.93. The maximum absolute atomic E-state index is 13.4. The molecule has 0 saturated carbocycles. The van der Waals surface area contributed by atoms with Crippen LogP contribution in [0.3, 0.4) is 0 Å². The number of amides is 2. The Balaban J connectivity index is 0.969. The van der Waals surface area contributed by atoms with E-state index < -0.39 is 0 Å². The third kappa shape index (κ3) is 6.21. The highest BCUT2D eigenvalue weighted by Gasteiger charge is 2.36. The van der Waals surface area contributed by atoms with Crippen LogP contribution in [0.15, 0.2) is 34.3 Å². The normalized spacial score (nSPS) is 23.7. The molecular formula is C33H40N4O8. The largest absolute Gasteiger partial charge is 0.493 e. The minimum Gasteiger partial charge on any atom is -0.493 e. The zero-order chi connectivity index (χ0) is 31.5. The van der Waals surface area contributed by atoms with Gasteiger partial charge >= 0.3 is 0 Å². The summed E-state index contributed by atoms with van der Waals surface area (Å²) in [5.74, 6) is 2.01. The number of piperidine rings is 2. The Morgan fingerprint density at radius 1 is 0.733 bits per heavy atom. The Bertz CT molecular complexity index is 1380. The smallest absolute Gasteiger partial charge is 0.256 e. The average molecular weight is 621 g/mol. The fourth-order valence-corrected chi connectivity index (χ4v) is 6.48. The van der Waals surface area contributed by atoms with Gasteiger partial charge in [0, 0.05) is 56.8 Å². The van der Waals surface area contributed by atoms with E-state index in [-0.39, 0.29) is 36.2 Å². The average Bonchev–Trinajstić information content (AvgIpc) is 3.29. The summed E-state index contributed by atoms with van der Waals surface area (Å²) in [6.45, 7) is 2.28. The standard InChI is InChI=1S/C33H40N4O8/c1-40-27-12-20-18-35-31-14-23(7-9-37(31)32(38)24(20)15-28(27)41-2)45-11-5-10-44-22-6-8-36-21(13-22)19-34-26-17-30(43-4)29(42-3)16-25(26)33(36)39/h12,15-19,21-23,31H,5-11,13-14H2,1-4H3/t21-,22?,23?,31-/m0/s1. The van der Waals surface area contributed by atoms with Crippen molar-refractivity contribution in [2.75, 3.05) is 54.7 Å². The lowest BCUT2D eigenvalue weighted by atomic mass is 9.99. The minimum absolute atomic E-state index is 0.0109. The molecule has 2 aromatic rings. The Hall–Kier alpha value is -4.16. The van der Waals surface area contributed by atoms with Gasteiger partial charge < -0.3 is 38.2 Å². The van der Waals surface area contributed by atoms with E-state index in [1.54, 1.807) is 58.9 Å². The highest BCUT2D eigenvalue weighted by Crippen LogP contribution is 2.38. The van der Waals surface area contributed by atoms with Crippen LogP contribution in [0.25, 0.3) is 0 Å². The molecule has 12 nitrogen and oxygen atoms in total. The van der Waals surface area contributed by atoms with Gasteiger partial charge in [-0.1, -0.05) is 0 Å². The highest BCUT2D eigenvalue weighted by molar-refractivity contribution is 6.05. The number of rotatable bonds is 10. The SMILES string of the molecule is COc1cc2c(cc1OC)C(=O)N1CCC(OCCCOC3CCN4C(=O)c5cc(OC)c(OC)cc5N=C[C@@H]4C3)C[C@H]1N=C2. The van der Waals surface area contributed by atoms with E-state index >= 15 is 0 Å². The minimum atomic E-state index is -0.278. The second-order valence-electron chi connectivity index (χ2n) is 11.5. The Morgan fingerprint density at radius 3 is 2.00 bits per heavy atom. The maximum Gasteiger partial charge on any atom is 0.256 e. The van der Waals surface area contributed by atoms with Gasteiger partial charge in [0.05, 0.1) is 63.5 Å². The van der Waals surface area contributed by atoms with Crippen LogP contribution >= 0.6 is 0 Å². The third-order valence-electron chi connectivity index (χ3n) is 8.93. The second kappa shape index (κ2) is 13.5. The quantitative estimate of drug-likeness (QED) is 0.367. The van der Waals surface area contributed by atoms with Gasteiger partial charge in [0.1, 0.15) is 6.17 Å². The molecule has 4 heterocycles. The molecule has 0 N–H and O–H groups in total. The van der Waals surface area contributed by atoms with Crippen molar-refractivity contribution in [3.8, 4) is 23.0 Å². The third-order valence-corrected chi connectivity index (χ3v) is 8.93. The summed E-state index contributed by atoms with van der Waals surface area (Å²) >= 11 is 0. The molecule has 2 aromatic carbocycles. The summed E-state index contributed by atoms with van der Waals surface area (Å²) in [5, 5.41) is 0. The van der Waals surface area contributed by atoms with Crippen LogP contribution in [0.5, 0.6) is 23.0 Å². The number of hydrogen-bond donors (Lipinski definition) is 0. The van der Waals surface area contributed by atoms with Gasteiger partial charge in [0.25, 0.3) is 11.8 Å². The summed E-state index contributed by atoms with van der Waals surface area (Å²) in [5.41, 5.74) is 2.37. The van der Waals surface area contributed by atoms with Crippen molar-refractivity contribution >= 4 is 29.9 Å². The molecule has 2 saturated heterocycles. The summed E-state index contributed by atoms with van der Waals surface area (Å²) < 4.78 is 34.0. The lowest BCUT2D eigenvalue weighted by Crippen LogP contribution is -2.48. The summed E-state index contributed by atoms with van der Waals surface area (Å²) in [4.78, 5) is 39.8. The van der Waals surface area contributed by atoms with E-state index in [0.717, 1.165) is 24.8 Å². The molecule has 12 heteroatoms. The van der Waals surface area contributed by atoms with Crippen molar-refractivity contribution in [3.05, 3.63) is 41.0 Å². The number of methoxy groups -OCH3 is 4. The number of ether oxygens (including phenoxy) is 6. The predicted molar refractivity (Wildman–Crippen MR) is 167 cm³/mol. The second-order valence-corrected chi connectivity index (χ2v) is 11.5. The van der Waals surface area contributed by atoms with Crippen molar-refractivity contribution in [3.63, 3.8) is 0 Å². The number of carbonyl (C=O) groups is 2. The molecule has 2 unspecified atom stereocenters. The topological polar surface area (TPSA) is 121 Å². The molecule has 45 heavy (non-hydrogen) atoms. The Morgan fingerprint density at radius 2 is 1.31 bits per heavy atom. The molecular weight excluding hydrogens is 580 g/mol. The van der Waals surface area contributed by atoms with E-state index in [1.807, 2.05) is 16.0 Å². The molecule has 0 radical (unpaired) electrons. The van der Waals surface area contributed by atoms with Crippen LogP contribution in [0.4, 0.5) is 5.69 Å². The molecule has 2 amide bonds. The fourth-order valence-electron chi connectivity index (χ4n) is 6.48. The summed E-state index contributed by atoms with van der Waals surface area (Å²) in [7, 11) is 6.25. The first-order valence-corrected chi connectivity index (χ1v) is 15.4. The first-order valence-electron chi connectivity index (χ1n) is 15.4. The molecule has 0 bridgehead atoms. The number of fused-ring (bicyclic) bond motifs is 4. The lowest BCUT2D eigenvalue weighted by molar-refractivity contribution is -0.0313. The Kier molecular flexibility index (Phi) is 9.22. The monoisotopic (exact) mass is 620 g/mol. The van der Waals surface area contributed by atoms with Crippen molar-refractivity contribution in [2.24, 2.45) is 9.98 Å². The first-order chi connectivity index (χ1) is 21.9. The van der Waals surface area contributed by atoms with E-state index in [2.05, 4.69) is 4.99 Å². The van der Waals surface area contributed by atoms with Crippen LogP contribution in [0.1, 0.15) is 58.4 Å². The Labute approximate surface area is 262 Å². The summed E-state index contributed by atoms with van der Waals surface area (Å²) in [6, 6.07) is 6.83. The van der Waals surface area contributed by atoms with Gasteiger partial charge in [0.15, 0.2) is 23.0 Å². The zero-order valence-electron chi connectivity index (χ0n) is 26.2. The van der Waals surface area contributed by atoms with Gasteiger partial charge in [-0.15, -0.1) is 0 Å². The number of hydrogen-bond acceptors (Lipinski definition) is 10. The van der Waals surface area contributed by atoms with Crippen molar-refractivity contribution in [1.82, 2.24) is 9.80 Å². The predicted octanol–water partition coefficient (Wildman–Crippen LogP) is 3.90. The van der Waals surface area contributed by atoms with E-state index in [0.29, 0.717) is 79.0 Å². The van der Waals surface area contributed by atoms with Crippen LogP contribution < -0.4 is 18.9 Å². The van der Waals surface area contributed by atoms with Gasteiger partial charge in [0.2, 0.25) is 0 Å². The van der Waals surface area contributed by atoms with E-state index in [9.17, 15) is 9.59 Å². The van der Waals surface area contributed by atoms with Gasteiger partial charge in [-0.2, -0.15) is 0 Å².